The number of halogens is 1. The van der Waals surface area contributed by atoms with Crippen molar-refractivity contribution in [3.63, 3.8) is 0 Å². The average Bonchev–Trinajstić information content (AvgIpc) is 2.28. The van der Waals surface area contributed by atoms with Gasteiger partial charge in [0, 0.05) is 24.9 Å². The van der Waals surface area contributed by atoms with Crippen LogP contribution in [0.4, 0.5) is 0 Å². The van der Waals surface area contributed by atoms with Crippen LogP contribution in [0.25, 0.3) is 0 Å². The Morgan fingerprint density at radius 3 is 2.89 bits per heavy atom. The van der Waals surface area contributed by atoms with Crippen LogP contribution in [0, 0.1) is 0 Å². The molecule has 1 N–H and O–H groups in total. The molecule has 0 aromatic carbocycles. The summed E-state index contributed by atoms with van der Waals surface area (Å²) in [5.74, 6) is -0.881. The summed E-state index contributed by atoms with van der Waals surface area (Å²) in [5.41, 5.74) is 2.76. The van der Waals surface area contributed by atoms with E-state index in [2.05, 4.69) is 15.5 Å². The van der Waals surface area contributed by atoms with Crippen molar-refractivity contribution in [2.75, 3.05) is 6.61 Å². The fourth-order valence-corrected chi connectivity index (χ4v) is 1.40. The molecule has 0 atom stereocenters. The van der Waals surface area contributed by atoms with E-state index in [1.807, 2.05) is 0 Å². The minimum Gasteiger partial charge on any atom is -0.462 e. The van der Waals surface area contributed by atoms with Crippen molar-refractivity contribution in [2.24, 2.45) is 5.10 Å². The number of rotatable bonds is 4. The number of ether oxygens (including phenoxy) is 1. The molecule has 6 nitrogen and oxygen atoms in total. The Hall–Kier alpha value is -1.95. The van der Waals surface area contributed by atoms with Gasteiger partial charge in [0.15, 0.2) is 0 Å². The predicted molar refractivity (Wildman–Crippen MR) is 66.6 cm³/mol. The van der Waals surface area contributed by atoms with E-state index in [0.29, 0.717) is 5.56 Å². The number of hydrogen-bond acceptors (Lipinski definition) is 5. The smallest absolute Gasteiger partial charge is 0.340 e. The molecule has 0 saturated heterocycles. The van der Waals surface area contributed by atoms with E-state index in [1.54, 1.807) is 6.92 Å². The molecular weight excluding hydrogens is 258 g/mol. The molecule has 0 aliphatic carbocycles. The highest BCUT2D eigenvalue weighted by Gasteiger charge is 2.16. The van der Waals surface area contributed by atoms with E-state index in [4.69, 9.17) is 16.3 Å². The molecule has 1 heterocycles. The van der Waals surface area contributed by atoms with Crippen LogP contribution >= 0.6 is 11.6 Å². The second-order valence-corrected chi connectivity index (χ2v) is 3.64. The SMILES string of the molecule is CCOC(=O)c1c(Cl)cncc1/C=N\NC(C)=O. The van der Waals surface area contributed by atoms with E-state index in [1.165, 1.54) is 25.5 Å². The fourth-order valence-electron chi connectivity index (χ4n) is 1.16. The van der Waals surface area contributed by atoms with Crippen molar-refractivity contribution < 1.29 is 14.3 Å². The van der Waals surface area contributed by atoms with Gasteiger partial charge in [-0.1, -0.05) is 11.6 Å². The van der Waals surface area contributed by atoms with E-state index in [0.717, 1.165) is 0 Å². The van der Waals surface area contributed by atoms with Gasteiger partial charge in [-0.2, -0.15) is 5.10 Å². The van der Waals surface area contributed by atoms with E-state index in [-0.39, 0.29) is 23.1 Å². The van der Waals surface area contributed by atoms with Crippen LogP contribution in [0.3, 0.4) is 0 Å². The van der Waals surface area contributed by atoms with Gasteiger partial charge >= 0.3 is 5.97 Å². The van der Waals surface area contributed by atoms with Gasteiger partial charge in [0.1, 0.15) is 0 Å². The normalized spacial score (nSPS) is 10.4. The number of aromatic nitrogens is 1. The summed E-state index contributed by atoms with van der Waals surface area (Å²) in [4.78, 5) is 26.2. The zero-order valence-electron chi connectivity index (χ0n) is 9.94. The molecule has 0 aliphatic rings. The Kier molecular flexibility index (Phi) is 5.26. The van der Waals surface area contributed by atoms with E-state index < -0.39 is 5.97 Å². The van der Waals surface area contributed by atoms with Crippen LogP contribution in [0.1, 0.15) is 29.8 Å². The molecule has 0 saturated carbocycles. The summed E-state index contributed by atoms with van der Waals surface area (Å²) in [6.07, 6.45) is 4.03. The number of amides is 1. The minimum atomic E-state index is -0.561. The minimum absolute atomic E-state index is 0.167. The second-order valence-electron chi connectivity index (χ2n) is 3.23. The van der Waals surface area contributed by atoms with Crippen molar-refractivity contribution in [3.05, 3.63) is 28.5 Å². The second kappa shape index (κ2) is 6.70. The van der Waals surface area contributed by atoms with Crippen LogP contribution in [0.5, 0.6) is 0 Å². The van der Waals surface area contributed by atoms with Crippen molar-refractivity contribution in [2.45, 2.75) is 13.8 Å². The third-order valence-electron chi connectivity index (χ3n) is 1.83. The van der Waals surface area contributed by atoms with Crippen LogP contribution < -0.4 is 5.43 Å². The van der Waals surface area contributed by atoms with Gasteiger partial charge in [-0.3, -0.25) is 9.78 Å². The van der Waals surface area contributed by atoms with Gasteiger partial charge in [-0.25, -0.2) is 10.2 Å². The maximum Gasteiger partial charge on any atom is 0.340 e. The Balaban J connectivity index is 3.04. The summed E-state index contributed by atoms with van der Waals surface area (Å²) < 4.78 is 4.88. The third kappa shape index (κ3) is 3.81. The number of carbonyl (C=O) groups excluding carboxylic acids is 2. The molecule has 1 aromatic rings. The molecule has 18 heavy (non-hydrogen) atoms. The Labute approximate surface area is 109 Å². The van der Waals surface area contributed by atoms with Crippen LogP contribution in [-0.2, 0) is 9.53 Å². The number of nitrogens with one attached hydrogen (secondary N) is 1. The monoisotopic (exact) mass is 269 g/mol. The van der Waals surface area contributed by atoms with Gasteiger partial charge in [0.2, 0.25) is 5.91 Å². The quantitative estimate of drug-likeness (QED) is 0.509. The highest BCUT2D eigenvalue weighted by Crippen LogP contribution is 2.18. The van der Waals surface area contributed by atoms with E-state index >= 15 is 0 Å². The van der Waals surface area contributed by atoms with E-state index in [9.17, 15) is 9.59 Å². The van der Waals surface area contributed by atoms with Crippen molar-refractivity contribution in [1.82, 2.24) is 10.4 Å². The fraction of sp³-hybridized carbons (Fsp3) is 0.273. The topological polar surface area (TPSA) is 80.7 Å². The largest absolute Gasteiger partial charge is 0.462 e. The first-order chi connectivity index (χ1) is 8.56. The lowest BCUT2D eigenvalue weighted by molar-refractivity contribution is -0.118. The number of carbonyl (C=O) groups is 2. The van der Waals surface area contributed by atoms with Gasteiger partial charge in [-0.05, 0) is 6.92 Å². The number of nitrogens with zero attached hydrogens (tertiary/aromatic N) is 2. The zero-order chi connectivity index (χ0) is 13.5. The van der Waals surface area contributed by atoms with Crippen molar-refractivity contribution >= 4 is 29.7 Å². The molecule has 0 spiro atoms. The maximum absolute atomic E-state index is 11.7. The number of hydrogen-bond donors (Lipinski definition) is 1. The Morgan fingerprint density at radius 2 is 2.28 bits per heavy atom. The van der Waals surface area contributed by atoms with Gasteiger partial charge in [0.25, 0.3) is 0 Å². The molecule has 0 aliphatic heterocycles. The Morgan fingerprint density at radius 1 is 1.56 bits per heavy atom. The molecule has 7 heteroatoms. The molecular formula is C11H12ClN3O3. The Bertz CT molecular complexity index is 488. The van der Waals surface area contributed by atoms with Crippen molar-refractivity contribution in [3.8, 4) is 0 Å². The first kappa shape index (κ1) is 14.1. The summed E-state index contributed by atoms with van der Waals surface area (Å²) >= 11 is 5.89. The lowest BCUT2D eigenvalue weighted by Crippen LogP contribution is -2.14. The van der Waals surface area contributed by atoms with Crippen LogP contribution in [0.15, 0.2) is 17.5 Å². The number of pyridine rings is 1. The van der Waals surface area contributed by atoms with Crippen LogP contribution in [-0.4, -0.2) is 29.7 Å². The molecule has 0 radical (unpaired) electrons. The first-order valence-corrected chi connectivity index (χ1v) is 5.54. The average molecular weight is 270 g/mol. The molecule has 1 aromatic heterocycles. The molecule has 96 valence electrons. The van der Waals surface area contributed by atoms with Gasteiger partial charge < -0.3 is 4.74 Å². The van der Waals surface area contributed by atoms with Gasteiger partial charge in [-0.15, -0.1) is 0 Å². The lowest BCUT2D eigenvalue weighted by Gasteiger charge is -2.06. The zero-order valence-corrected chi connectivity index (χ0v) is 10.7. The maximum atomic E-state index is 11.7. The first-order valence-electron chi connectivity index (χ1n) is 5.16. The molecule has 0 bridgehead atoms. The molecule has 1 amide bonds. The third-order valence-corrected chi connectivity index (χ3v) is 2.12. The number of hydrazone groups is 1. The van der Waals surface area contributed by atoms with Crippen molar-refractivity contribution in [1.29, 1.82) is 0 Å². The number of esters is 1. The summed E-state index contributed by atoms with van der Waals surface area (Å²) in [6.45, 7) is 3.25. The van der Waals surface area contributed by atoms with Crippen LogP contribution in [0.2, 0.25) is 5.02 Å². The highest BCUT2D eigenvalue weighted by molar-refractivity contribution is 6.34. The molecule has 1 rings (SSSR count). The summed E-state index contributed by atoms with van der Waals surface area (Å²) in [5, 5.41) is 3.82. The predicted octanol–water partition coefficient (Wildman–Crippen LogP) is 1.38. The summed E-state index contributed by atoms with van der Waals surface area (Å²) in [7, 11) is 0. The lowest BCUT2D eigenvalue weighted by atomic mass is 10.1. The standard InChI is InChI=1S/C11H12ClN3O3/c1-3-18-11(17)10-8(4-13-6-9(10)12)5-14-15-7(2)16/h4-6H,3H2,1-2H3,(H,15,16)/b14-5-. The highest BCUT2D eigenvalue weighted by atomic mass is 35.5. The molecule has 0 unspecified atom stereocenters. The summed E-state index contributed by atoms with van der Waals surface area (Å²) in [6, 6.07) is 0. The van der Waals surface area contributed by atoms with Gasteiger partial charge in [0.05, 0.1) is 23.4 Å². The molecule has 0 fully saturated rings.